The number of rotatable bonds is 9. The van der Waals surface area contributed by atoms with Gasteiger partial charge in [-0.05, 0) is 19.8 Å². The van der Waals surface area contributed by atoms with Crippen molar-refractivity contribution in [1.29, 1.82) is 0 Å². The summed E-state index contributed by atoms with van der Waals surface area (Å²) in [5, 5.41) is 0.572. The van der Waals surface area contributed by atoms with E-state index in [4.69, 9.17) is 4.84 Å². The van der Waals surface area contributed by atoms with Crippen LogP contribution in [0.4, 0.5) is 0 Å². The Labute approximate surface area is 147 Å². The number of aryl methyl sites for hydroxylation is 1. The summed E-state index contributed by atoms with van der Waals surface area (Å²) in [6, 6.07) is 7.53. The van der Waals surface area contributed by atoms with E-state index in [0.29, 0.717) is 17.9 Å². The van der Waals surface area contributed by atoms with Crippen LogP contribution in [0.15, 0.2) is 24.3 Å². The molecular weight excluding hydrogens is 322 g/mol. The van der Waals surface area contributed by atoms with Crippen LogP contribution >= 0.6 is 0 Å². The lowest BCUT2D eigenvalue weighted by Crippen LogP contribution is -2.31. The van der Waals surface area contributed by atoms with Gasteiger partial charge in [0.25, 0.3) is 11.8 Å². The molecule has 1 saturated heterocycles. The minimum atomic E-state index is -0.570. The van der Waals surface area contributed by atoms with Crippen molar-refractivity contribution in [1.82, 2.24) is 5.06 Å². The number of imide groups is 1. The van der Waals surface area contributed by atoms with Crippen LogP contribution in [0.25, 0.3) is 0 Å². The highest BCUT2D eigenvalue weighted by Crippen LogP contribution is 2.14. The number of hydroxylamine groups is 2. The summed E-state index contributed by atoms with van der Waals surface area (Å²) in [5.74, 6) is -1.37. The molecule has 1 aliphatic heterocycles. The number of carbonyl (C=O) groups excluding carboxylic acids is 4. The van der Waals surface area contributed by atoms with Crippen LogP contribution in [-0.2, 0) is 19.2 Å². The van der Waals surface area contributed by atoms with Crippen LogP contribution in [0.1, 0.15) is 67.3 Å². The van der Waals surface area contributed by atoms with Gasteiger partial charge in [0.15, 0.2) is 5.78 Å². The van der Waals surface area contributed by atoms with Crippen molar-refractivity contribution in [3.05, 3.63) is 35.4 Å². The van der Waals surface area contributed by atoms with Gasteiger partial charge in [0, 0.05) is 31.2 Å². The second kappa shape index (κ2) is 9.11. The molecule has 6 heteroatoms. The molecule has 2 rings (SSSR count). The van der Waals surface area contributed by atoms with E-state index < -0.39 is 17.8 Å². The first-order valence-corrected chi connectivity index (χ1v) is 8.64. The number of Topliss-reactive ketones (excluding diaryl/α,β-unsaturated/α-hetero) is 1. The van der Waals surface area contributed by atoms with Crippen LogP contribution in [0.5, 0.6) is 0 Å². The molecule has 134 valence electrons. The van der Waals surface area contributed by atoms with Gasteiger partial charge >= 0.3 is 5.97 Å². The summed E-state index contributed by atoms with van der Waals surface area (Å²) in [6.45, 7) is 1.98. The molecule has 0 aliphatic carbocycles. The molecular formula is C19H23NO5. The van der Waals surface area contributed by atoms with Crippen molar-refractivity contribution in [2.75, 3.05) is 0 Å². The highest BCUT2D eigenvalue weighted by atomic mass is 16.7. The molecule has 0 atom stereocenters. The van der Waals surface area contributed by atoms with E-state index in [1.54, 1.807) is 0 Å². The van der Waals surface area contributed by atoms with Gasteiger partial charge in [0.2, 0.25) is 0 Å². The number of ketones is 1. The van der Waals surface area contributed by atoms with E-state index in [0.717, 1.165) is 30.4 Å². The second-order valence-corrected chi connectivity index (χ2v) is 6.25. The number of hydrogen-bond donors (Lipinski definition) is 0. The summed E-state index contributed by atoms with van der Waals surface area (Å²) < 4.78 is 0. The summed E-state index contributed by atoms with van der Waals surface area (Å²) >= 11 is 0. The lowest BCUT2D eigenvalue weighted by molar-refractivity contribution is -0.197. The predicted octanol–water partition coefficient (Wildman–Crippen LogP) is 3.13. The molecule has 6 nitrogen and oxygen atoms in total. The first kappa shape index (κ1) is 18.8. The Morgan fingerprint density at radius 3 is 2.08 bits per heavy atom. The van der Waals surface area contributed by atoms with Gasteiger partial charge in [-0.3, -0.25) is 14.4 Å². The number of carbonyl (C=O) groups is 4. The smallest absolute Gasteiger partial charge is 0.330 e. The van der Waals surface area contributed by atoms with Crippen molar-refractivity contribution in [2.24, 2.45) is 0 Å². The second-order valence-electron chi connectivity index (χ2n) is 6.25. The zero-order chi connectivity index (χ0) is 18.2. The molecule has 1 heterocycles. The summed E-state index contributed by atoms with van der Waals surface area (Å²) in [5.41, 5.74) is 1.86. The Morgan fingerprint density at radius 2 is 1.48 bits per heavy atom. The number of benzene rings is 1. The van der Waals surface area contributed by atoms with Crippen molar-refractivity contribution < 1.29 is 24.0 Å². The van der Waals surface area contributed by atoms with E-state index in [1.807, 2.05) is 31.2 Å². The number of unbranched alkanes of at least 4 members (excludes halogenated alkanes) is 3. The molecule has 0 N–H and O–H groups in total. The number of amides is 2. The highest BCUT2D eigenvalue weighted by Gasteiger charge is 2.32. The molecule has 0 aromatic heterocycles. The number of hydrogen-bond acceptors (Lipinski definition) is 5. The average molecular weight is 345 g/mol. The minimum absolute atomic E-state index is 0.0983. The third-order valence-corrected chi connectivity index (χ3v) is 4.11. The zero-order valence-corrected chi connectivity index (χ0v) is 14.5. The van der Waals surface area contributed by atoms with Crippen LogP contribution in [0.2, 0.25) is 0 Å². The van der Waals surface area contributed by atoms with Gasteiger partial charge in [-0.2, -0.15) is 0 Å². The van der Waals surface area contributed by atoms with Gasteiger partial charge in [0.1, 0.15) is 0 Å². The van der Waals surface area contributed by atoms with Crippen molar-refractivity contribution in [2.45, 2.75) is 58.3 Å². The monoisotopic (exact) mass is 345 g/mol. The Morgan fingerprint density at radius 1 is 0.920 bits per heavy atom. The summed E-state index contributed by atoms with van der Waals surface area (Å²) in [7, 11) is 0. The first-order valence-electron chi connectivity index (χ1n) is 8.64. The molecule has 0 unspecified atom stereocenters. The van der Waals surface area contributed by atoms with Gasteiger partial charge < -0.3 is 4.84 Å². The Balaban J connectivity index is 1.56. The molecule has 1 aromatic carbocycles. The fourth-order valence-electron chi connectivity index (χ4n) is 2.60. The van der Waals surface area contributed by atoms with Crippen molar-refractivity contribution in [3.63, 3.8) is 0 Å². The van der Waals surface area contributed by atoms with E-state index in [2.05, 4.69) is 0 Å². The Hall–Kier alpha value is -2.50. The Kier molecular flexibility index (Phi) is 6.86. The van der Waals surface area contributed by atoms with E-state index in [1.165, 1.54) is 0 Å². The lowest BCUT2D eigenvalue weighted by atomic mass is 10.0. The maximum Gasteiger partial charge on any atom is 0.333 e. The Bertz CT molecular complexity index is 634. The molecule has 1 fully saturated rings. The summed E-state index contributed by atoms with van der Waals surface area (Å²) in [4.78, 5) is 51.1. The minimum Gasteiger partial charge on any atom is -0.330 e. The molecule has 0 saturated carbocycles. The van der Waals surface area contributed by atoms with Gasteiger partial charge in [-0.25, -0.2) is 4.79 Å². The third-order valence-electron chi connectivity index (χ3n) is 4.11. The van der Waals surface area contributed by atoms with Crippen LogP contribution < -0.4 is 0 Å². The quantitative estimate of drug-likeness (QED) is 0.390. The molecule has 25 heavy (non-hydrogen) atoms. The van der Waals surface area contributed by atoms with Crippen LogP contribution in [0, 0.1) is 6.92 Å². The first-order chi connectivity index (χ1) is 12.0. The summed E-state index contributed by atoms with van der Waals surface area (Å²) in [6.07, 6.45) is 3.85. The molecule has 0 bridgehead atoms. The standard InChI is InChI=1S/C19H23NO5/c1-14-8-10-15(11-9-14)16(21)6-4-2-3-5-7-19(24)25-20-17(22)12-13-18(20)23/h8-11H,2-7,12-13H2,1H3. The molecule has 2 amide bonds. The topological polar surface area (TPSA) is 80.8 Å². The van der Waals surface area contributed by atoms with E-state index in [-0.39, 0.29) is 25.0 Å². The van der Waals surface area contributed by atoms with Crippen molar-refractivity contribution in [3.8, 4) is 0 Å². The molecule has 1 aliphatic rings. The molecule has 0 spiro atoms. The van der Waals surface area contributed by atoms with Gasteiger partial charge in [-0.1, -0.05) is 42.7 Å². The maximum absolute atomic E-state index is 12.0. The van der Waals surface area contributed by atoms with Crippen molar-refractivity contribution >= 4 is 23.6 Å². The van der Waals surface area contributed by atoms with E-state index in [9.17, 15) is 19.2 Å². The third kappa shape index (κ3) is 5.81. The van der Waals surface area contributed by atoms with Gasteiger partial charge in [-0.15, -0.1) is 5.06 Å². The SMILES string of the molecule is Cc1ccc(C(=O)CCCCCCC(=O)ON2C(=O)CCC2=O)cc1. The fraction of sp³-hybridized carbons (Fsp3) is 0.474. The number of nitrogens with zero attached hydrogens (tertiary/aromatic N) is 1. The maximum atomic E-state index is 12.0. The molecule has 0 radical (unpaired) electrons. The fourth-order valence-corrected chi connectivity index (χ4v) is 2.60. The van der Waals surface area contributed by atoms with Crippen LogP contribution in [-0.4, -0.2) is 28.6 Å². The zero-order valence-electron chi connectivity index (χ0n) is 14.5. The molecule has 1 aromatic rings. The van der Waals surface area contributed by atoms with E-state index >= 15 is 0 Å². The predicted molar refractivity (Wildman–Crippen MR) is 90.4 cm³/mol. The average Bonchev–Trinajstić information content (AvgIpc) is 2.90. The van der Waals surface area contributed by atoms with Gasteiger partial charge in [0.05, 0.1) is 0 Å². The largest absolute Gasteiger partial charge is 0.333 e. The normalized spacial score (nSPS) is 14.0. The highest BCUT2D eigenvalue weighted by molar-refractivity contribution is 6.01. The lowest BCUT2D eigenvalue weighted by Gasteiger charge is -2.12. The van der Waals surface area contributed by atoms with Crippen LogP contribution in [0.3, 0.4) is 0 Å².